The third kappa shape index (κ3) is 3.10. The van der Waals surface area contributed by atoms with Crippen molar-refractivity contribution in [3.63, 3.8) is 0 Å². The Morgan fingerprint density at radius 1 is 1.15 bits per heavy atom. The van der Waals surface area contributed by atoms with Crippen molar-refractivity contribution in [3.8, 4) is 0 Å². The maximum atomic E-state index is 3.53. The number of nitrogens with zero attached hydrogens (tertiary/aromatic N) is 2. The standard InChI is InChI=1S/C10H15BrN2/c1-12(2)13(3)8-9-6-4-5-7-10(9)11/h4-7H,8H2,1-3H3. The van der Waals surface area contributed by atoms with Crippen molar-refractivity contribution in [1.82, 2.24) is 10.0 Å². The molecule has 0 radical (unpaired) electrons. The molecule has 3 heteroatoms. The molecule has 0 atom stereocenters. The summed E-state index contributed by atoms with van der Waals surface area (Å²) in [4.78, 5) is 0. The molecule has 1 rings (SSSR count). The molecule has 0 aliphatic rings. The highest BCUT2D eigenvalue weighted by Crippen LogP contribution is 2.17. The second-order valence-electron chi connectivity index (χ2n) is 3.25. The van der Waals surface area contributed by atoms with Crippen LogP contribution in [-0.2, 0) is 6.54 Å². The third-order valence-electron chi connectivity index (χ3n) is 2.04. The van der Waals surface area contributed by atoms with Crippen molar-refractivity contribution < 1.29 is 0 Å². The van der Waals surface area contributed by atoms with E-state index in [1.807, 2.05) is 20.2 Å². The van der Waals surface area contributed by atoms with Crippen LogP contribution in [-0.4, -0.2) is 31.2 Å². The van der Waals surface area contributed by atoms with Crippen molar-refractivity contribution in [1.29, 1.82) is 0 Å². The van der Waals surface area contributed by atoms with Crippen LogP contribution in [0, 0.1) is 0 Å². The molecule has 13 heavy (non-hydrogen) atoms. The molecule has 0 amide bonds. The number of hydrogen-bond acceptors (Lipinski definition) is 2. The molecule has 0 aliphatic carbocycles. The van der Waals surface area contributed by atoms with Crippen LogP contribution < -0.4 is 0 Å². The first kappa shape index (κ1) is 10.7. The average Bonchev–Trinajstić information content (AvgIpc) is 2.08. The molecule has 0 N–H and O–H groups in total. The van der Waals surface area contributed by atoms with Crippen LogP contribution in [0.25, 0.3) is 0 Å². The van der Waals surface area contributed by atoms with Gasteiger partial charge < -0.3 is 0 Å². The average molecular weight is 243 g/mol. The number of halogens is 1. The number of hydrogen-bond donors (Lipinski definition) is 0. The fraction of sp³-hybridized carbons (Fsp3) is 0.400. The molecule has 0 aliphatic heterocycles. The zero-order valence-electron chi connectivity index (χ0n) is 8.29. The normalized spacial score (nSPS) is 11.2. The molecular weight excluding hydrogens is 228 g/mol. The van der Waals surface area contributed by atoms with Crippen LogP contribution in [0.4, 0.5) is 0 Å². The van der Waals surface area contributed by atoms with Gasteiger partial charge in [-0.2, -0.15) is 0 Å². The highest BCUT2D eigenvalue weighted by atomic mass is 79.9. The van der Waals surface area contributed by atoms with Gasteiger partial charge in [-0.1, -0.05) is 34.1 Å². The smallest absolute Gasteiger partial charge is 0.0391 e. The van der Waals surface area contributed by atoms with Crippen LogP contribution in [0.1, 0.15) is 5.56 Å². The first-order valence-corrected chi connectivity index (χ1v) is 5.02. The van der Waals surface area contributed by atoms with Gasteiger partial charge in [-0.05, 0) is 11.6 Å². The summed E-state index contributed by atoms with van der Waals surface area (Å²) in [6, 6.07) is 8.29. The predicted molar refractivity (Wildman–Crippen MR) is 59.3 cm³/mol. The van der Waals surface area contributed by atoms with E-state index >= 15 is 0 Å². The second kappa shape index (κ2) is 4.74. The lowest BCUT2D eigenvalue weighted by atomic mass is 10.2. The van der Waals surface area contributed by atoms with Crippen molar-refractivity contribution in [3.05, 3.63) is 34.3 Å². The minimum absolute atomic E-state index is 0.925. The Morgan fingerprint density at radius 2 is 1.77 bits per heavy atom. The Kier molecular flexibility index (Phi) is 3.90. The van der Waals surface area contributed by atoms with Gasteiger partial charge in [0, 0.05) is 32.2 Å². The molecule has 0 saturated heterocycles. The van der Waals surface area contributed by atoms with Crippen molar-refractivity contribution in [2.45, 2.75) is 6.54 Å². The Hall–Kier alpha value is -0.380. The van der Waals surface area contributed by atoms with E-state index < -0.39 is 0 Å². The Bertz CT molecular complexity index is 273. The molecule has 0 aromatic heterocycles. The highest BCUT2D eigenvalue weighted by molar-refractivity contribution is 9.10. The summed E-state index contributed by atoms with van der Waals surface area (Å²) in [6.07, 6.45) is 0. The van der Waals surface area contributed by atoms with E-state index in [4.69, 9.17) is 0 Å². The van der Waals surface area contributed by atoms with E-state index in [1.165, 1.54) is 10.0 Å². The molecule has 0 fully saturated rings. The van der Waals surface area contributed by atoms with E-state index in [0.717, 1.165) is 6.54 Å². The fourth-order valence-electron chi connectivity index (χ4n) is 1.01. The first-order chi connectivity index (χ1) is 6.11. The van der Waals surface area contributed by atoms with E-state index in [-0.39, 0.29) is 0 Å². The topological polar surface area (TPSA) is 6.48 Å². The summed E-state index contributed by atoms with van der Waals surface area (Å²) in [6.45, 7) is 0.925. The van der Waals surface area contributed by atoms with Crippen LogP contribution >= 0.6 is 15.9 Å². The third-order valence-corrected chi connectivity index (χ3v) is 2.81. The monoisotopic (exact) mass is 242 g/mol. The molecule has 0 bridgehead atoms. The van der Waals surface area contributed by atoms with Crippen LogP contribution in [0.5, 0.6) is 0 Å². The molecule has 2 nitrogen and oxygen atoms in total. The van der Waals surface area contributed by atoms with Gasteiger partial charge in [0.15, 0.2) is 0 Å². The lowest BCUT2D eigenvalue weighted by Crippen LogP contribution is -2.32. The van der Waals surface area contributed by atoms with E-state index in [0.29, 0.717) is 0 Å². The fourth-order valence-corrected chi connectivity index (χ4v) is 1.42. The summed E-state index contributed by atoms with van der Waals surface area (Å²) in [7, 11) is 6.15. The predicted octanol–water partition coefficient (Wildman–Crippen LogP) is 2.36. The van der Waals surface area contributed by atoms with Crippen LogP contribution in [0.2, 0.25) is 0 Å². The van der Waals surface area contributed by atoms with Gasteiger partial charge in [0.25, 0.3) is 0 Å². The lowest BCUT2D eigenvalue weighted by Gasteiger charge is -2.24. The second-order valence-corrected chi connectivity index (χ2v) is 4.11. The van der Waals surface area contributed by atoms with Crippen molar-refractivity contribution in [2.75, 3.05) is 21.1 Å². The summed E-state index contributed by atoms with van der Waals surface area (Å²) in [5.74, 6) is 0. The van der Waals surface area contributed by atoms with Gasteiger partial charge in [0.05, 0.1) is 0 Å². The SMILES string of the molecule is CN(C)N(C)Cc1ccccc1Br. The molecular formula is C10H15BrN2. The summed E-state index contributed by atoms with van der Waals surface area (Å²) >= 11 is 3.53. The minimum Gasteiger partial charge on any atom is -0.248 e. The molecule has 0 spiro atoms. The first-order valence-electron chi connectivity index (χ1n) is 4.23. The van der Waals surface area contributed by atoms with E-state index in [1.54, 1.807) is 0 Å². The quantitative estimate of drug-likeness (QED) is 0.752. The zero-order valence-corrected chi connectivity index (χ0v) is 9.87. The molecule has 0 unspecified atom stereocenters. The van der Waals surface area contributed by atoms with Gasteiger partial charge in [-0.25, -0.2) is 10.0 Å². The molecule has 1 aromatic rings. The maximum absolute atomic E-state index is 3.53. The highest BCUT2D eigenvalue weighted by Gasteiger charge is 2.04. The minimum atomic E-state index is 0.925. The molecule has 1 aromatic carbocycles. The number of hydrazine groups is 1. The van der Waals surface area contributed by atoms with E-state index in [2.05, 4.69) is 51.2 Å². The van der Waals surface area contributed by atoms with Gasteiger partial charge >= 0.3 is 0 Å². The summed E-state index contributed by atoms with van der Waals surface area (Å²) in [5.41, 5.74) is 1.30. The van der Waals surface area contributed by atoms with Gasteiger partial charge in [0.1, 0.15) is 0 Å². The Balaban J connectivity index is 2.69. The lowest BCUT2D eigenvalue weighted by molar-refractivity contribution is 0.0474. The van der Waals surface area contributed by atoms with Gasteiger partial charge in [-0.15, -0.1) is 0 Å². The van der Waals surface area contributed by atoms with Gasteiger partial charge in [-0.3, -0.25) is 0 Å². The molecule has 0 saturated carbocycles. The summed E-state index contributed by atoms with van der Waals surface area (Å²) < 4.78 is 1.17. The largest absolute Gasteiger partial charge is 0.248 e. The van der Waals surface area contributed by atoms with Crippen LogP contribution in [0.15, 0.2) is 28.7 Å². The van der Waals surface area contributed by atoms with Crippen molar-refractivity contribution in [2.24, 2.45) is 0 Å². The summed E-state index contributed by atoms with van der Waals surface area (Å²) in [5, 5.41) is 4.22. The number of benzene rings is 1. The molecule has 0 heterocycles. The Labute approximate surface area is 88.2 Å². The molecule has 72 valence electrons. The van der Waals surface area contributed by atoms with E-state index in [9.17, 15) is 0 Å². The Morgan fingerprint density at radius 3 is 2.31 bits per heavy atom. The van der Waals surface area contributed by atoms with Crippen LogP contribution in [0.3, 0.4) is 0 Å². The van der Waals surface area contributed by atoms with Gasteiger partial charge in [0.2, 0.25) is 0 Å². The van der Waals surface area contributed by atoms with Crippen molar-refractivity contribution >= 4 is 15.9 Å². The number of rotatable bonds is 3. The maximum Gasteiger partial charge on any atom is 0.0391 e. The zero-order chi connectivity index (χ0) is 9.84.